The van der Waals surface area contributed by atoms with Gasteiger partial charge in [0, 0.05) is 18.0 Å². The summed E-state index contributed by atoms with van der Waals surface area (Å²) < 4.78 is 8.63. The first-order valence-corrected chi connectivity index (χ1v) is 21.6. The zero-order valence-corrected chi connectivity index (χ0v) is 30.4. The lowest BCUT2D eigenvalue weighted by molar-refractivity contribution is 1.00. The summed E-state index contributed by atoms with van der Waals surface area (Å²) in [7, 11) is 0. The molecule has 0 unspecified atom stereocenters. The predicted octanol–water partition coefficient (Wildman–Crippen LogP) is 11.7. The molecule has 1 aromatic heterocycles. The molecule has 2 aliphatic heterocycles. The quantitative estimate of drug-likeness (QED) is 0.256. The van der Waals surface area contributed by atoms with Crippen molar-refractivity contribution in [1.29, 1.82) is 0 Å². The minimum atomic E-state index is 0.933. The number of rotatable bonds is 5. The maximum atomic E-state index is 4.51. The molecule has 0 atom stereocenters. The van der Waals surface area contributed by atoms with E-state index in [1.807, 2.05) is 106 Å². The second kappa shape index (κ2) is 14.6. The fourth-order valence-corrected chi connectivity index (χ4v) is 15.3. The fraction of sp³-hybridized carbons (Fsp3) is 0.242. The Hall–Kier alpha value is -0.650. The van der Waals surface area contributed by atoms with Crippen LogP contribution in [0.3, 0.4) is 0 Å². The lowest BCUT2D eigenvalue weighted by Crippen LogP contribution is -2.04. The fourth-order valence-electron chi connectivity index (χ4n) is 5.17. The van der Waals surface area contributed by atoms with Crippen LogP contribution in [-0.2, 0) is 25.7 Å². The maximum absolute atomic E-state index is 4.51. The SMILES string of the molecule is CSC1=C(SC)SC(=C2Cc3ccc(cc3)CC(=C3SC(SC)=C(SC)S3)Cc3ccc(cc3-c3cccnc3)C2)S1. The second-order valence-corrected chi connectivity index (χ2v) is 18.8. The predicted molar refractivity (Wildman–Crippen MR) is 203 cm³/mol. The van der Waals surface area contributed by atoms with Crippen LogP contribution >= 0.6 is 94.1 Å². The van der Waals surface area contributed by atoms with Gasteiger partial charge in [0.25, 0.3) is 0 Å². The average Bonchev–Trinajstić information content (AvgIpc) is 3.66. The van der Waals surface area contributed by atoms with Crippen molar-refractivity contribution >= 4 is 94.1 Å². The van der Waals surface area contributed by atoms with Crippen LogP contribution in [0.2, 0.25) is 0 Å². The molecule has 6 aliphatic rings. The standard InChI is InChI=1S/C33H31NS8/c1-35-30-31(36-2)40-28(39-30)25-14-20-7-9-21(10-8-20)15-26(29-41-32(37-3)33(38-4)42-29)18-23-12-11-22(16-25)17-27(23)24-6-5-13-34-19-24/h5-13,17,19H,14-16,18H2,1-4H3. The van der Waals surface area contributed by atoms with Gasteiger partial charge in [-0.3, -0.25) is 4.98 Å². The van der Waals surface area contributed by atoms with Crippen LogP contribution in [0, 0.1) is 0 Å². The van der Waals surface area contributed by atoms with Crippen molar-refractivity contribution in [2.24, 2.45) is 0 Å². The Kier molecular flexibility index (Phi) is 10.9. The van der Waals surface area contributed by atoms with E-state index in [2.05, 4.69) is 84.6 Å². The van der Waals surface area contributed by atoms with Crippen molar-refractivity contribution in [3.05, 3.63) is 126 Å². The Morgan fingerprint density at radius 3 is 1.52 bits per heavy atom. The first kappa shape index (κ1) is 31.3. The molecular weight excluding hydrogens is 667 g/mol. The van der Waals surface area contributed by atoms with Crippen molar-refractivity contribution in [3.8, 4) is 11.1 Å². The van der Waals surface area contributed by atoms with Gasteiger partial charge in [0.05, 0.1) is 25.4 Å². The third-order valence-corrected chi connectivity index (χ3v) is 18.0. The van der Waals surface area contributed by atoms with Crippen molar-refractivity contribution < 1.29 is 0 Å². The summed E-state index contributed by atoms with van der Waals surface area (Å²) in [6.45, 7) is 0. The molecule has 3 heterocycles. The Balaban J connectivity index is 1.46. The van der Waals surface area contributed by atoms with Gasteiger partial charge in [-0.1, -0.05) is 95.6 Å². The molecule has 0 saturated carbocycles. The highest BCUT2D eigenvalue weighted by molar-refractivity contribution is 8.41. The topological polar surface area (TPSA) is 12.9 Å². The number of hydrogen-bond acceptors (Lipinski definition) is 9. The number of allylic oxidation sites excluding steroid dienone is 2. The molecule has 9 heteroatoms. The van der Waals surface area contributed by atoms with Crippen molar-refractivity contribution in [2.45, 2.75) is 25.7 Å². The summed E-state index contributed by atoms with van der Waals surface area (Å²) in [5.74, 6) is 0. The number of pyridine rings is 1. The normalized spacial score (nSPS) is 17.7. The zero-order chi connectivity index (χ0) is 29.1. The smallest absolute Gasteiger partial charge is 0.0657 e. The van der Waals surface area contributed by atoms with Gasteiger partial charge in [-0.05, 0) is 95.7 Å². The van der Waals surface area contributed by atoms with E-state index in [1.54, 1.807) is 0 Å². The highest BCUT2D eigenvalue weighted by Crippen LogP contribution is 2.59. The van der Waals surface area contributed by atoms with Crippen LogP contribution in [0.25, 0.3) is 11.1 Å². The monoisotopic (exact) mass is 697 g/mol. The van der Waals surface area contributed by atoms with Crippen LogP contribution in [0.15, 0.2) is 104 Å². The molecule has 1 nitrogen and oxygen atoms in total. The van der Waals surface area contributed by atoms with Gasteiger partial charge in [-0.15, -0.1) is 47.0 Å². The third kappa shape index (κ3) is 7.09. The Labute approximate surface area is 284 Å². The number of thioether (sulfide) groups is 8. The largest absolute Gasteiger partial charge is 0.264 e. The Morgan fingerprint density at radius 2 is 1.05 bits per heavy atom. The van der Waals surface area contributed by atoms with E-state index in [9.17, 15) is 0 Å². The van der Waals surface area contributed by atoms with E-state index < -0.39 is 0 Å². The molecule has 0 N–H and O–H groups in total. The van der Waals surface area contributed by atoms with E-state index >= 15 is 0 Å². The minimum Gasteiger partial charge on any atom is -0.264 e. The van der Waals surface area contributed by atoms with E-state index in [4.69, 9.17) is 0 Å². The van der Waals surface area contributed by atoms with E-state index in [-0.39, 0.29) is 0 Å². The second-order valence-electron chi connectivity index (χ2n) is 9.91. The van der Waals surface area contributed by atoms with Gasteiger partial charge >= 0.3 is 0 Å². The summed E-state index contributed by atoms with van der Waals surface area (Å²) in [5.41, 5.74) is 11.0. The molecule has 3 aromatic rings. The minimum absolute atomic E-state index is 0.933. The van der Waals surface area contributed by atoms with Crippen molar-refractivity contribution in [3.63, 3.8) is 0 Å². The van der Waals surface area contributed by atoms with Gasteiger partial charge in [-0.2, -0.15) is 0 Å². The number of aromatic nitrogens is 1. The van der Waals surface area contributed by atoms with Crippen molar-refractivity contribution in [1.82, 2.24) is 4.98 Å². The molecule has 4 aliphatic carbocycles. The lowest BCUT2D eigenvalue weighted by atomic mass is 9.89. The summed E-state index contributed by atoms with van der Waals surface area (Å²) in [4.78, 5) is 4.51. The summed E-state index contributed by atoms with van der Waals surface area (Å²) >= 11 is 15.4. The van der Waals surface area contributed by atoms with E-state index in [0.29, 0.717) is 0 Å². The van der Waals surface area contributed by atoms with E-state index in [1.165, 1.54) is 69.9 Å². The molecule has 0 saturated heterocycles. The highest BCUT2D eigenvalue weighted by Gasteiger charge is 2.26. The average molecular weight is 698 g/mol. The summed E-state index contributed by atoms with van der Waals surface area (Å²) in [5, 5.41) is 0. The molecular formula is C33H31NS8. The lowest BCUT2D eigenvalue weighted by Gasteiger charge is -2.19. The van der Waals surface area contributed by atoms with Gasteiger partial charge in [0.15, 0.2) is 0 Å². The van der Waals surface area contributed by atoms with Crippen LogP contribution in [-0.4, -0.2) is 30.0 Å². The van der Waals surface area contributed by atoms with Gasteiger partial charge in [0.2, 0.25) is 0 Å². The number of nitrogens with zero attached hydrogens (tertiary/aromatic N) is 1. The Morgan fingerprint density at radius 1 is 0.571 bits per heavy atom. The molecule has 0 radical (unpaired) electrons. The third-order valence-electron chi connectivity index (χ3n) is 7.22. The molecule has 216 valence electrons. The van der Waals surface area contributed by atoms with Crippen molar-refractivity contribution in [2.75, 3.05) is 25.0 Å². The van der Waals surface area contributed by atoms with Crippen LogP contribution in [0.5, 0.6) is 0 Å². The molecule has 0 spiro atoms. The first-order valence-electron chi connectivity index (χ1n) is 13.5. The first-order chi connectivity index (χ1) is 20.6. The molecule has 4 bridgehead atoms. The number of hydrogen-bond donors (Lipinski definition) is 0. The summed E-state index contributed by atoms with van der Waals surface area (Å²) in [6.07, 6.45) is 16.5. The highest BCUT2D eigenvalue weighted by atomic mass is 32.3. The van der Waals surface area contributed by atoms with Gasteiger partial charge < -0.3 is 0 Å². The van der Waals surface area contributed by atoms with E-state index in [0.717, 1.165) is 25.7 Å². The van der Waals surface area contributed by atoms with Crippen LogP contribution in [0.1, 0.15) is 22.3 Å². The summed E-state index contributed by atoms with van der Waals surface area (Å²) in [6, 6.07) is 20.9. The van der Waals surface area contributed by atoms with Crippen LogP contribution in [0.4, 0.5) is 0 Å². The van der Waals surface area contributed by atoms with Gasteiger partial charge in [-0.25, -0.2) is 0 Å². The Bertz CT molecular complexity index is 1570. The molecule has 0 fully saturated rings. The number of benzene rings is 2. The maximum Gasteiger partial charge on any atom is 0.0657 e. The molecule has 42 heavy (non-hydrogen) atoms. The molecule has 2 aromatic carbocycles. The van der Waals surface area contributed by atoms with Gasteiger partial charge in [0.1, 0.15) is 0 Å². The molecule has 0 amide bonds. The molecule has 9 rings (SSSR count). The van der Waals surface area contributed by atoms with Crippen LogP contribution < -0.4 is 0 Å². The zero-order valence-electron chi connectivity index (χ0n) is 23.9.